The maximum Gasteiger partial charge on any atom is 0.355 e. The predicted octanol–water partition coefficient (Wildman–Crippen LogP) is 3.76. The number of carbonyl (C=O) groups excluding carboxylic acids is 1. The van der Waals surface area contributed by atoms with Gasteiger partial charge in [-0.05, 0) is 17.2 Å². The van der Waals surface area contributed by atoms with Gasteiger partial charge in [0.2, 0.25) is 0 Å². The molecule has 0 aliphatic rings. The summed E-state index contributed by atoms with van der Waals surface area (Å²) < 4.78 is 0. The SMILES string of the molecule is O=C(O)c1csc(NC(=O)c2ccccc2-c2ccccc2)n1. The Hall–Kier alpha value is -2.99. The summed E-state index contributed by atoms with van der Waals surface area (Å²) >= 11 is 1.08. The lowest BCUT2D eigenvalue weighted by atomic mass is 9.99. The number of hydrogen-bond donors (Lipinski definition) is 2. The Labute approximate surface area is 136 Å². The van der Waals surface area contributed by atoms with Crippen molar-refractivity contribution in [3.05, 3.63) is 71.2 Å². The topological polar surface area (TPSA) is 79.3 Å². The third kappa shape index (κ3) is 3.27. The molecule has 1 heterocycles. The minimum Gasteiger partial charge on any atom is -0.476 e. The van der Waals surface area contributed by atoms with Crippen molar-refractivity contribution in [2.75, 3.05) is 5.32 Å². The number of nitrogens with zero attached hydrogens (tertiary/aromatic N) is 1. The molecule has 0 aliphatic heterocycles. The molecule has 0 bridgehead atoms. The number of nitrogens with one attached hydrogen (secondary N) is 1. The van der Waals surface area contributed by atoms with Gasteiger partial charge in [0, 0.05) is 10.9 Å². The number of rotatable bonds is 4. The lowest BCUT2D eigenvalue weighted by Crippen LogP contribution is -2.13. The second-order valence-corrected chi connectivity index (χ2v) is 5.57. The van der Waals surface area contributed by atoms with Gasteiger partial charge in [-0.15, -0.1) is 11.3 Å². The number of anilines is 1. The number of carboxylic acids is 1. The fraction of sp³-hybridized carbons (Fsp3) is 0. The molecule has 1 aromatic heterocycles. The van der Waals surface area contributed by atoms with E-state index in [-0.39, 0.29) is 16.7 Å². The summed E-state index contributed by atoms with van der Waals surface area (Å²) in [6, 6.07) is 16.8. The zero-order valence-electron chi connectivity index (χ0n) is 11.9. The zero-order chi connectivity index (χ0) is 16.2. The third-order valence-electron chi connectivity index (χ3n) is 3.20. The molecule has 0 radical (unpaired) electrons. The van der Waals surface area contributed by atoms with Gasteiger partial charge in [-0.3, -0.25) is 10.1 Å². The second kappa shape index (κ2) is 6.41. The van der Waals surface area contributed by atoms with Crippen LogP contribution in [0.15, 0.2) is 60.0 Å². The van der Waals surface area contributed by atoms with Crippen LogP contribution in [-0.4, -0.2) is 22.0 Å². The van der Waals surface area contributed by atoms with Crippen molar-refractivity contribution in [3.63, 3.8) is 0 Å². The Morgan fingerprint density at radius 2 is 1.70 bits per heavy atom. The van der Waals surface area contributed by atoms with Gasteiger partial charge >= 0.3 is 5.97 Å². The Bertz CT molecular complexity index is 859. The number of thiazole rings is 1. The van der Waals surface area contributed by atoms with Crippen molar-refractivity contribution in [1.82, 2.24) is 4.98 Å². The lowest BCUT2D eigenvalue weighted by Gasteiger charge is -2.09. The summed E-state index contributed by atoms with van der Waals surface area (Å²) in [6.45, 7) is 0. The molecule has 5 nitrogen and oxygen atoms in total. The van der Waals surface area contributed by atoms with Gasteiger partial charge in [0.05, 0.1) is 0 Å². The predicted molar refractivity (Wildman–Crippen MR) is 88.9 cm³/mol. The van der Waals surface area contributed by atoms with Crippen LogP contribution in [0.5, 0.6) is 0 Å². The van der Waals surface area contributed by atoms with Crippen LogP contribution in [0.4, 0.5) is 5.13 Å². The maximum absolute atomic E-state index is 12.5. The zero-order valence-corrected chi connectivity index (χ0v) is 12.7. The van der Waals surface area contributed by atoms with Crippen LogP contribution in [0.1, 0.15) is 20.8 Å². The van der Waals surface area contributed by atoms with E-state index in [0.717, 1.165) is 22.5 Å². The molecule has 1 amide bonds. The molecular formula is C17H12N2O3S. The van der Waals surface area contributed by atoms with Crippen LogP contribution >= 0.6 is 11.3 Å². The molecule has 0 unspecified atom stereocenters. The fourth-order valence-electron chi connectivity index (χ4n) is 2.14. The van der Waals surface area contributed by atoms with Gasteiger partial charge in [-0.1, -0.05) is 48.5 Å². The van der Waals surface area contributed by atoms with E-state index in [1.807, 2.05) is 42.5 Å². The van der Waals surface area contributed by atoms with Crippen LogP contribution in [-0.2, 0) is 0 Å². The van der Waals surface area contributed by atoms with Crippen LogP contribution in [0.25, 0.3) is 11.1 Å². The molecule has 0 aliphatic carbocycles. The van der Waals surface area contributed by atoms with E-state index < -0.39 is 5.97 Å². The highest BCUT2D eigenvalue weighted by molar-refractivity contribution is 7.14. The third-order valence-corrected chi connectivity index (χ3v) is 3.96. The number of aromatic nitrogens is 1. The van der Waals surface area contributed by atoms with E-state index >= 15 is 0 Å². The number of hydrogen-bond acceptors (Lipinski definition) is 4. The molecule has 114 valence electrons. The van der Waals surface area contributed by atoms with Crippen molar-refractivity contribution in [3.8, 4) is 11.1 Å². The van der Waals surface area contributed by atoms with E-state index in [1.165, 1.54) is 5.38 Å². The highest BCUT2D eigenvalue weighted by atomic mass is 32.1. The molecule has 0 saturated heterocycles. The monoisotopic (exact) mass is 324 g/mol. The van der Waals surface area contributed by atoms with Crippen molar-refractivity contribution in [2.45, 2.75) is 0 Å². The van der Waals surface area contributed by atoms with Crippen LogP contribution in [0.2, 0.25) is 0 Å². The van der Waals surface area contributed by atoms with Gasteiger partial charge in [0.25, 0.3) is 5.91 Å². The van der Waals surface area contributed by atoms with E-state index in [0.29, 0.717) is 5.56 Å². The van der Waals surface area contributed by atoms with E-state index in [2.05, 4.69) is 10.3 Å². The van der Waals surface area contributed by atoms with E-state index in [9.17, 15) is 9.59 Å². The second-order valence-electron chi connectivity index (χ2n) is 4.71. The first-order valence-electron chi connectivity index (χ1n) is 6.80. The van der Waals surface area contributed by atoms with Crippen molar-refractivity contribution >= 4 is 28.3 Å². The minimum absolute atomic E-state index is 0.0818. The van der Waals surface area contributed by atoms with Crippen LogP contribution < -0.4 is 5.32 Å². The Morgan fingerprint density at radius 3 is 2.39 bits per heavy atom. The van der Waals surface area contributed by atoms with Gasteiger partial charge in [0.1, 0.15) is 0 Å². The molecule has 0 spiro atoms. The standard InChI is InChI=1S/C17H12N2O3S/c20-15(19-17-18-14(10-23-17)16(21)22)13-9-5-4-8-12(13)11-6-2-1-3-7-11/h1-10H,(H,21,22)(H,18,19,20). The van der Waals surface area contributed by atoms with Crippen molar-refractivity contribution in [2.24, 2.45) is 0 Å². The first kappa shape index (κ1) is 14.9. The van der Waals surface area contributed by atoms with Crippen molar-refractivity contribution < 1.29 is 14.7 Å². The van der Waals surface area contributed by atoms with Gasteiger partial charge in [0.15, 0.2) is 10.8 Å². The molecule has 0 atom stereocenters. The fourth-order valence-corrected chi connectivity index (χ4v) is 2.82. The molecule has 6 heteroatoms. The Balaban J connectivity index is 1.89. The summed E-state index contributed by atoms with van der Waals surface area (Å²) in [4.78, 5) is 27.2. The summed E-state index contributed by atoms with van der Waals surface area (Å²) in [6.07, 6.45) is 0. The number of benzene rings is 2. The largest absolute Gasteiger partial charge is 0.476 e. The smallest absolute Gasteiger partial charge is 0.355 e. The molecule has 0 saturated carbocycles. The van der Waals surface area contributed by atoms with Crippen LogP contribution in [0, 0.1) is 0 Å². The molecule has 2 N–H and O–H groups in total. The van der Waals surface area contributed by atoms with Gasteiger partial charge in [-0.25, -0.2) is 9.78 Å². The van der Waals surface area contributed by atoms with Gasteiger partial charge in [-0.2, -0.15) is 0 Å². The first-order valence-corrected chi connectivity index (χ1v) is 7.68. The molecule has 3 aromatic rings. The highest BCUT2D eigenvalue weighted by Gasteiger charge is 2.15. The molecule has 2 aromatic carbocycles. The molecule has 0 fully saturated rings. The first-order chi connectivity index (χ1) is 11.1. The highest BCUT2D eigenvalue weighted by Crippen LogP contribution is 2.25. The summed E-state index contributed by atoms with van der Waals surface area (Å²) in [5.74, 6) is -1.44. The van der Waals surface area contributed by atoms with E-state index in [4.69, 9.17) is 5.11 Å². The normalized spacial score (nSPS) is 10.3. The Morgan fingerprint density at radius 1 is 1.00 bits per heavy atom. The van der Waals surface area contributed by atoms with Crippen LogP contribution in [0.3, 0.4) is 0 Å². The lowest BCUT2D eigenvalue weighted by molar-refractivity contribution is 0.0691. The van der Waals surface area contributed by atoms with E-state index in [1.54, 1.807) is 12.1 Å². The average molecular weight is 324 g/mol. The molecular weight excluding hydrogens is 312 g/mol. The maximum atomic E-state index is 12.5. The average Bonchev–Trinajstić information content (AvgIpc) is 3.04. The summed E-state index contributed by atoms with van der Waals surface area (Å²) in [5, 5.41) is 13.2. The number of aromatic carboxylic acids is 1. The van der Waals surface area contributed by atoms with Crippen molar-refractivity contribution in [1.29, 1.82) is 0 Å². The number of amides is 1. The Kier molecular flexibility index (Phi) is 4.16. The van der Waals surface area contributed by atoms with Gasteiger partial charge < -0.3 is 5.11 Å². The summed E-state index contributed by atoms with van der Waals surface area (Å²) in [7, 11) is 0. The number of carbonyl (C=O) groups is 2. The quantitative estimate of drug-likeness (QED) is 0.766. The molecule has 23 heavy (non-hydrogen) atoms. The molecule has 3 rings (SSSR count). The minimum atomic E-state index is -1.12. The summed E-state index contributed by atoms with van der Waals surface area (Å²) in [5.41, 5.74) is 2.16. The number of carboxylic acid groups (broad SMARTS) is 1.